The van der Waals surface area contributed by atoms with Gasteiger partial charge >= 0.3 is 5.97 Å². The van der Waals surface area contributed by atoms with Crippen molar-refractivity contribution in [2.45, 2.75) is 6.92 Å². The molecule has 2 heterocycles. The van der Waals surface area contributed by atoms with E-state index in [1.165, 1.54) is 6.07 Å². The van der Waals surface area contributed by atoms with Crippen molar-refractivity contribution in [3.63, 3.8) is 0 Å². The van der Waals surface area contributed by atoms with E-state index < -0.39 is 5.97 Å². The van der Waals surface area contributed by atoms with Gasteiger partial charge < -0.3 is 14.9 Å². The van der Waals surface area contributed by atoms with Crippen molar-refractivity contribution < 1.29 is 14.7 Å². The number of carbonyl (C=O) groups is 2. The van der Waals surface area contributed by atoms with Gasteiger partial charge in [0.2, 0.25) is 0 Å². The fourth-order valence-corrected chi connectivity index (χ4v) is 2.81. The zero-order chi connectivity index (χ0) is 17.1. The van der Waals surface area contributed by atoms with Gasteiger partial charge in [-0.15, -0.1) is 0 Å². The number of aryl methyl sites for hydroxylation is 1. The number of carboxylic acid groups (broad SMARTS) is 1. The minimum atomic E-state index is -1.03. The summed E-state index contributed by atoms with van der Waals surface area (Å²) >= 11 is 0. The number of hydrogen-bond donors (Lipinski definition) is 1. The highest BCUT2D eigenvalue weighted by Crippen LogP contribution is 2.16. The molecule has 1 aromatic heterocycles. The molecule has 0 aliphatic carbocycles. The number of hydrogen-bond acceptors (Lipinski definition) is 5. The first kappa shape index (κ1) is 15.9. The van der Waals surface area contributed by atoms with E-state index in [0.29, 0.717) is 31.7 Å². The fourth-order valence-electron chi connectivity index (χ4n) is 2.81. The van der Waals surface area contributed by atoms with Gasteiger partial charge in [-0.25, -0.2) is 9.78 Å². The SMILES string of the molecule is Cc1cc(C(=O)O)cc(C(=O)N2CCN(c3cnccn3)CC2)c1. The largest absolute Gasteiger partial charge is 0.478 e. The summed E-state index contributed by atoms with van der Waals surface area (Å²) in [6.45, 7) is 4.25. The van der Waals surface area contributed by atoms with Gasteiger partial charge in [-0.05, 0) is 30.7 Å². The minimum Gasteiger partial charge on any atom is -0.478 e. The molecule has 3 rings (SSSR count). The number of anilines is 1. The monoisotopic (exact) mass is 326 g/mol. The average Bonchev–Trinajstić information content (AvgIpc) is 2.61. The Morgan fingerprint density at radius 1 is 1.04 bits per heavy atom. The molecule has 1 amide bonds. The van der Waals surface area contributed by atoms with Crippen LogP contribution in [0, 0.1) is 6.92 Å². The topological polar surface area (TPSA) is 86.6 Å². The number of aromatic nitrogens is 2. The number of nitrogens with zero attached hydrogens (tertiary/aromatic N) is 4. The Balaban J connectivity index is 1.70. The normalized spacial score (nSPS) is 14.5. The van der Waals surface area contributed by atoms with Crippen molar-refractivity contribution in [2.75, 3.05) is 31.1 Å². The van der Waals surface area contributed by atoms with E-state index in [4.69, 9.17) is 5.11 Å². The van der Waals surface area contributed by atoms with Crippen LogP contribution in [-0.4, -0.2) is 58.0 Å². The highest BCUT2D eigenvalue weighted by molar-refractivity contribution is 5.98. The molecule has 1 N–H and O–H groups in total. The second-order valence-electron chi connectivity index (χ2n) is 5.74. The number of piperazine rings is 1. The van der Waals surface area contributed by atoms with Crippen LogP contribution in [0.2, 0.25) is 0 Å². The average molecular weight is 326 g/mol. The second-order valence-corrected chi connectivity index (χ2v) is 5.74. The first-order valence-electron chi connectivity index (χ1n) is 7.70. The van der Waals surface area contributed by atoms with E-state index in [-0.39, 0.29) is 11.5 Å². The second kappa shape index (κ2) is 6.66. The van der Waals surface area contributed by atoms with Gasteiger partial charge in [0, 0.05) is 44.1 Å². The Hall–Kier alpha value is -2.96. The lowest BCUT2D eigenvalue weighted by Gasteiger charge is -2.35. The molecule has 0 bridgehead atoms. The van der Waals surface area contributed by atoms with Crippen LogP contribution >= 0.6 is 0 Å². The molecule has 0 atom stereocenters. The number of carbonyl (C=O) groups excluding carboxylic acids is 1. The summed E-state index contributed by atoms with van der Waals surface area (Å²) in [5.41, 5.74) is 1.31. The number of amides is 1. The van der Waals surface area contributed by atoms with E-state index in [2.05, 4.69) is 14.9 Å². The van der Waals surface area contributed by atoms with Gasteiger partial charge in [-0.1, -0.05) is 0 Å². The molecule has 0 unspecified atom stereocenters. The van der Waals surface area contributed by atoms with Crippen molar-refractivity contribution in [3.05, 3.63) is 53.5 Å². The summed E-state index contributed by atoms with van der Waals surface area (Å²) < 4.78 is 0. The summed E-state index contributed by atoms with van der Waals surface area (Å²) in [5.74, 6) is -0.367. The highest BCUT2D eigenvalue weighted by Gasteiger charge is 2.23. The Kier molecular flexibility index (Phi) is 4.41. The van der Waals surface area contributed by atoms with Crippen molar-refractivity contribution in [1.82, 2.24) is 14.9 Å². The van der Waals surface area contributed by atoms with Crippen LogP contribution in [-0.2, 0) is 0 Å². The van der Waals surface area contributed by atoms with Crippen molar-refractivity contribution in [3.8, 4) is 0 Å². The van der Waals surface area contributed by atoms with Crippen molar-refractivity contribution in [1.29, 1.82) is 0 Å². The molecule has 0 saturated carbocycles. The number of benzene rings is 1. The van der Waals surface area contributed by atoms with Gasteiger partial charge in [0.15, 0.2) is 0 Å². The lowest BCUT2D eigenvalue weighted by atomic mass is 10.1. The zero-order valence-corrected chi connectivity index (χ0v) is 13.3. The molecule has 1 aliphatic heterocycles. The maximum Gasteiger partial charge on any atom is 0.335 e. The lowest BCUT2D eigenvalue weighted by Crippen LogP contribution is -2.49. The summed E-state index contributed by atoms with van der Waals surface area (Å²) in [6, 6.07) is 4.72. The molecule has 1 aromatic carbocycles. The maximum atomic E-state index is 12.7. The molecule has 1 fully saturated rings. The smallest absolute Gasteiger partial charge is 0.335 e. The molecule has 0 radical (unpaired) electrons. The first-order chi connectivity index (χ1) is 11.5. The van der Waals surface area contributed by atoms with E-state index >= 15 is 0 Å². The molecule has 2 aromatic rings. The predicted octanol–water partition coefficient (Wildman–Crippen LogP) is 1.45. The number of carboxylic acids is 1. The lowest BCUT2D eigenvalue weighted by molar-refractivity contribution is 0.0696. The third kappa shape index (κ3) is 3.34. The Bertz CT molecular complexity index is 756. The third-order valence-electron chi connectivity index (χ3n) is 4.01. The summed E-state index contributed by atoms with van der Waals surface area (Å²) in [6.07, 6.45) is 4.98. The molecule has 1 aliphatic rings. The van der Waals surface area contributed by atoms with Crippen molar-refractivity contribution in [2.24, 2.45) is 0 Å². The van der Waals surface area contributed by atoms with Gasteiger partial charge in [0.05, 0.1) is 11.8 Å². The van der Waals surface area contributed by atoms with Crippen LogP contribution < -0.4 is 4.90 Å². The van der Waals surface area contributed by atoms with Gasteiger partial charge in [-0.3, -0.25) is 9.78 Å². The highest BCUT2D eigenvalue weighted by atomic mass is 16.4. The minimum absolute atomic E-state index is 0.136. The predicted molar refractivity (Wildman–Crippen MR) is 88.3 cm³/mol. The van der Waals surface area contributed by atoms with Gasteiger partial charge in [0.1, 0.15) is 5.82 Å². The Morgan fingerprint density at radius 3 is 2.38 bits per heavy atom. The summed E-state index contributed by atoms with van der Waals surface area (Å²) in [7, 11) is 0. The zero-order valence-electron chi connectivity index (χ0n) is 13.3. The molecular weight excluding hydrogens is 308 g/mol. The molecular formula is C17H18N4O3. The van der Waals surface area contributed by atoms with Crippen LogP contribution in [0.1, 0.15) is 26.3 Å². The van der Waals surface area contributed by atoms with Crippen LogP contribution in [0.4, 0.5) is 5.82 Å². The quantitative estimate of drug-likeness (QED) is 0.918. The molecule has 0 spiro atoms. The maximum absolute atomic E-state index is 12.7. The molecule has 1 saturated heterocycles. The summed E-state index contributed by atoms with van der Waals surface area (Å²) in [4.78, 5) is 36.0. The standard InChI is InChI=1S/C17H18N4O3/c1-12-8-13(10-14(9-12)17(23)24)16(22)21-6-4-20(5-7-21)15-11-18-2-3-19-15/h2-3,8-11H,4-7H2,1H3,(H,23,24). The van der Waals surface area contributed by atoms with E-state index in [9.17, 15) is 9.59 Å². The fraction of sp³-hybridized carbons (Fsp3) is 0.294. The van der Waals surface area contributed by atoms with Crippen molar-refractivity contribution >= 4 is 17.7 Å². The van der Waals surface area contributed by atoms with E-state index in [1.54, 1.807) is 42.5 Å². The third-order valence-corrected chi connectivity index (χ3v) is 4.01. The number of rotatable bonds is 3. The van der Waals surface area contributed by atoms with Gasteiger partial charge in [0.25, 0.3) is 5.91 Å². The number of aromatic carboxylic acids is 1. The summed E-state index contributed by atoms with van der Waals surface area (Å²) in [5, 5.41) is 9.14. The Morgan fingerprint density at radius 2 is 1.75 bits per heavy atom. The van der Waals surface area contributed by atoms with Gasteiger partial charge in [-0.2, -0.15) is 0 Å². The van der Waals surface area contributed by atoms with Crippen LogP contribution in [0.15, 0.2) is 36.8 Å². The van der Waals surface area contributed by atoms with E-state index in [1.807, 2.05) is 0 Å². The Labute approximate surface area is 139 Å². The van der Waals surface area contributed by atoms with Crippen LogP contribution in [0.3, 0.4) is 0 Å². The van der Waals surface area contributed by atoms with Crippen LogP contribution in [0.5, 0.6) is 0 Å². The molecule has 7 heteroatoms. The molecule has 124 valence electrons. The van der Waals surface area contributed by atoms with Crippen LogP contribution in [0.25, 0.3) is 0 Å². The first-order valence-corrected chi connectivity index (χ1v) is 7.70. The molecule has 24 heavy (non-hydrogen) atoms. The van der Waals surface area contributed by atoms with E-state index in [0.717, 1.165) is 11.4 Å². The molecule has 7 nitrogen and oxygen atoms in total.